The van der Waals surface area contributed by atoms with Gasteiger partial charge in [0.25, 0.3) is 0 Å². The van der Waals surface area contributed by atoms with Gasteiger partial charge in [0.05, 0.1) is 6.33 Å². The Balaban J connectivity index is 0.00000196. The zero-order valence-corrected chi connectivity index (χ0v) is 8.55. The lowest BCUT2D eigenvalue weighted by molar-refractivity contribution is -0.142. The summed E-state index contributed by atoms with van der Waals surface area (Å²) in [6, 6.07) is -0.853. The van der Waals surface area contributed by atoms with Crippen LogP contribution in [0.2, 0.25) is 0 Å². The summed E-state index contributed by atoms with van der Waals surface area (Å²) in [4.78, 5) is 24.8. The van der Waals surface area contributed by atoms with Crippen molar-refractivity contribution in [3.8, 4) is 0 Å². The summed E-state index contributed by atoms with van der Waals surface area (Å²) in [6.45, 7) is 0. The minimum atomic E-state index is -1.05. The molecule has 1 atom stereocenters. The Bertz CT molecular complexity index is 325. The Hall–Kier alpha value is -1.56. The highest BCUT2D eigenvalue weighted by Gasteiger charge is 2.19. The van der Waals surface area contributed by atoms with Crippen LogP contribution in [0.15, 0.2) is 18.7 Å². The summed E-state index contributed by atoms with van der Waals surface area (Å²) in [6.07, 6.45) is 4.20. The predicted octanol–water partition coefficient (Wildman–Crippen LogP) is 0.795. The van der Waals surface area contributed by atoms with Gasteiger partial charge >= 0.3 is 11.9 Å². The largest absolute Gasteiger partial charge is 0.481 e. The molecule has 0 aliphatic rings. The van der Waals surface area contributed by atoms with Gasteiger partial charge in [-0.15, -0.1) is 12.4 Å². The van der Waals surface area contributed by atoms with Gasteiger partial charge in [-0.1, -0.05) is 0 Å². The van der Waals surface area contributed by atoms with Gasteiger partial charge in [0, 0.05) is 18.8 Å². The maximum absolute atomic E-state index is 10.8. The first-order valence-corrected chi connectivity index (χ1v) is 4.03. The molecule has 0 amide bonds. The smallest absolute Gasteiger partial charge is 0.326 e. The van der Waals surface area contributed by atoms with Crippen LogP contribution < -0.4 is 0 Å². The molecule has 7 heteroatoms. The number of carbonyl (C=O) groups is 2. The van der Waals surface area contributed by atoms with E-state index in [2.05, 4.69) is 4.98 Å². The van der Waals surface area contributed by atoms with Gasteiger partial charge in [-0.2, -0.15) is 0 Å². The van der Waals surface area contributed by atoms with Gasteiger partial charge in [0.1, 0.15) is 6.04 Å². The summed E-state index contributed by atoms with van der Waals surface area (Å²) in [5.41, 5.74) is 0. The van der Waals surface area contributed by atoms with E-state index in [-0.39, 0.29) is 25.2 Å². The van der Waals surface area contributed by atoms with Gasteiger partial charge in [-0.3, -0.25) is 4.79 Å². The number of carboxylic acid groups (broad SMARTS) is 2. The van der Waals surface area contributed by atoms with Crippen molar-refractivity contribution in [1.29, 1.82) is 0 Å². The molecule has 0 spiro atoms. The highest BCUT2D eigenvalue weighted by atomic mass is 35.5. The van der Waals surface area contributed by atoms with Crippen LogP contribution in [0.5, 0.6) is 0 Å². The van der Waals surface area contributed by atoms with E-state index in [9.17, 15) is 9.59 Å². The van der Waals surface area contributed by atoms with Crippen LogP contribution in [-0.4, -0.2) is 31.7 Å². The molecule has 0 saturated heterocycles. The highest BCUT2D eigenvalue weighted by molar-refractivity contribution is 5.85. The third-order valence-corrected chi connectivity index (χ3v) is 1.80. The Kier molecular flexibility index (Phi) is 5.40. The molecule has 0 fully saturated rings. The standard InChI is InChI=1S/C8H10N2O4.ClH/c11-7(12)2-1-6(8(13)14)10-4-3-9-5-10;/h3-6H,1-2H2,(H,11,12)(H,13,14);1H. The Morgan fingerprint density at radius 3 is 2.47 bits per heavy atom. The molecular weight excluding hydrogens is 224 g/mol. The van der Waals surface area contributed by atoms with Crippen molar-refractivity contribution in [2.45, 2.75) is 18.9 Å². The average Bonchev–Trinajstić information content (AvgIpc) is 2.56. The van der Waals surface area contributed by atoms with Crippen LogP contribution in [-0.2, 0) is 9.59 Å². The van der Waals surface area contributed by atoms with E-state index in [4.69, 9.17) is 10.2 Å². The molecular formula is C8H11ClN2O4. The molecule has 1 unspecified atom stereocenters. The SMILES string of the molecule is Cl.O=C(O)CCC(C(=O)O)n1ccnc1. The fraction of sp³-hybridized carbons (Fsp3) is 0.375. The fourth-order valence-corrected chi connectivity index (χ4v) is 1.11. The van der Waals surface area contributed by atoms with Crippen LogP contribution in [0.4, 0.5) is 0 Å². The first kappa shape index (κ1) is 13.4. The number of hydrogen-bond donors (Lipinski definition) is 2. The molecule has 1 aromatic rings. The lowest BCUT2D eigenvalue weighted by Crippen LogP contribution is -2.18. The van der Waals surface area contributed by atoms with Gasteiger partial charge in [0.2, 0.25) is 0 Å². The molecule has 15 heavy (non-hydrogen) atoms. The molecule has 6 nitrogen and oxygen atoms in total. The van der Waals surface area contributed by atoms with Gasteiger partial charge in [-0.05, 0) is 6.42 Å². The first-order chi connectivity index (χ1) is 6.61. The number of carboxylic acids is 2. The molecule has 0 radical (unpaired) electrons. The Labute approximate surface area is 92.0 Å². The molecule has 0 saturated carbocycles. The number of hydrogen-bond acceptors (Lipinski definition) is 3. The molecule has 1 aromatic heterocycles. The fourth-order valence-electron chi connectivity index (χ4n) is 1.11. The molecule has 1 heterocycles. The van der Waals surface area contributed by atoms with Crippen molar-refractivity contribution in [3.05, 3.63) is 18.7 Å². The number of aromatic nitrogens is 2. The number of aliphatic carboxylic acids is 2. The quantitative estimate of drug-likeness (QED) is 0.786. The summed E-state index contributed by atoms with van der Waals surface area (Å²) in [5.74, 6) is -2.05. The van der Waals surface area contributed by atoms with E-state index in [1.165, 1.54) is 23.3 Å². The minimum Gasteiger partial charge on any atom is -0.481 e. The molecule has 0 aliphatic heterocycles. The van der Waals surface area contributed by atoms with Crippen LogP contribution in [0.1, 0.15) is 18.9 Å². The van der Waals surface area contributed by atoms with Gasteiger partial charge < -0.3 is 14.8 Å². The second-order valence-electron chi connectivity index (χ2n) is 2.80. The van der Waals surface area contributed by atoms with Crippen LogP contribution in [0.3, 0.4) is 0 Å². The molecule has 84 valence electrons. The van der Waals surface area contributed by atoms with E-state index >= 15 is 0 Å². The lowest BCUT2D eigenvalue weighted by atomic mass is 10.1. The Morgan fingerprint density at radius 1 is 1.40 bits per heavy atom. The monoisotopic (exact) mass is 234 g/mol. The second kappa shape index (κ2) is 6.02. The second-order valence-corrected chi connectivity index (χ2v) is 2.80. The maximum Gasteiger partial charge on any atom is 0.326 e. The van der Waals surface area contributed by atoms with Crippen molar-refractivity contribution in [2.75, 3.05) is 0 Å². The van der Waals surface area contributed by atoms with Gasteiger partial charge in [-0.25, -0.2) is 9.78 Å². The van der Waals surface area contributed by atoms with Crippen LogP contribution in [0.25, 0.3) is 0 Å². The highest BCUT2D eigenvalue weighted by Crippen LogP contribution is 2.13. The van der Waals surface area contributed by atoms with Crippen molar-refractivity contribution >= 4 is 24.3 Å². The van der Waals surface area contributed by atoms with Crippen molar-refractivity contribution in [3.63, 3.8) is 0 Å². The number of rotatable bonds is 5. The summed E-state index contributed by atoms with van der Waals surface area (Å²) < 4.78 is 1.38. The summed E-state index contributed by atoms with van der Waals surface area (Å²) in [5, 5.41) is 17.2. The number of nitrogens with zero attached hydrogens (tertiary/aromatic N) is 2. The van der Waals surface area contributed by atoms with E-state index < -0.39 is 18.0 Å². The third-order valence-electron chi connectivity index (χ3n) is 1.80. The van der Waals surface area contributed by atoms with E-state index in [1.807, 2.05) is 0 Å². The van der Waals surface area contributed by atoms with Crippen molar-refractivity contribution in [2.24, 2.45) is 0 Å². The predicted molar refractivity (Wildman–Crippen MR) is 53.0 cm³/mol. The number of imidazole rings is 1. The van der Waals surface area contributed by atoms with Gasteiger partial charge in [0.15, 0.2) is 0 Å². The molecule has 0 aromatic carbocycles. The van der Waals surface area contributed by atoms with E-state index in [1.54, 1.807) is 0 Å². The topological polar surface area (TPSA) is 92.4 Å². The van der Waals surface area contributed by atoms with Crippen LogP contribution >= 0.6 is 12.4 Å². The minimum absolute atomic E-state index is 0. The molecule has 0 aliphatic carbocycles. The number of halogens is 1. The van der Waals surface area contributed by atoms with Crippen LogP contribution in [0, 0.1) is 0 Å². The summed E-state index contributed by atoms with van der Waals surface area (Å²) >= 11 is 0. The normalized spacial score (nSPS) is 11.5. The molecule has 2 N–H and O–H groups in total. The molecule has 0 bridgehead atoms. The lowest BCUT2D eigenvalue weighted by Gasteiger charge is -2.11. The Morgan fingerprint density at radius 2 is 2.07 bits per heavy atom. The van der Waals surface area contributed by atoms with E-state index in [0.717, 1.165) is 0 Å². The van der Waals surface area contributed by atoms with Crippen molar-refractivity contribution < 1.29 is 19.8 Å². The maximum atomic E-state index is 10.8. The zero-order chi connectivity index (χ0) is 10.6. The summed E-state index contributed by atoms with van der Waals surface area (Å²) in [7, 11) is 0. The van der Waals surface area contributed by atoms with Crippen molar-refractivity contribution in [1.82, 2.24) is 9.55 Å². The zero-order valence-electron chi connectivity index (χ0n) is 7.74. The third kappa shape index (κ3) is 3.99. The average molecular weight is 235 g/mol. The van der Waals surface area contributed by atoms with E-state index in [0.29, 0.717) is 0 Å². The molecule has 1 rings (SSSR count). The first-order valence-electron chi connectivity index (χ1n) is 4.03.